The molecule has 4 rings (SSSR count). The van der Waals surface area contributed by atoms with E-state index in [1.807, 2.05) is 69.3 Å². The van der Waals surface area contributed by atoms with E-state index in [1.54, 1.807) is 23.1 Å². The number of ether oxygens (including phenoxy) is 1. The number of sulfonamides is 1. The molecule has 1 amide bonds. The quantitative estimate of drug-likeness (QED) is 0.376. The summed E-state index contributed by atoms with van der Waals surface area (Å²) in [7, 11) is -3.95. The molecule has 3 aromatic rings. The fourth-order valence-corrected chi connectivity index (χ4v) is 6.26. The van der Waals surface area contributed by atoms with Gasteiger partial charge >= 0.3 is 0 Å². The Morgan fingerprint density at radius 3 is 2.32 bits per heavy atom. The van der Waals surface area contributed by atoms with Crippen LogP contribution in [0.5, 0.6) is 5.75 Å². The second-order valence-corrected chi connectivity index (χ2v) is 11.8. The maximum absolute atomic E-state index is 13.8. The van der Waals surface area contributed by atoms with Gasteiger partial charge in [-0.3, -0.25) is 4.79 Å². The summed E-state index contributed by atoms with van der Waals surface area (Å²) in [6.45, 7) is 8.41. The van der Waals surface area contributed by atoms with Crippen LogP contribution >= 0.6 is 11.6 Å². The Morgan fingerprint density at radius 2 is 1.66 bits per heavy atom. The number of benzene rings is 3. The Morgan fingerprint density at radius 1 is 0.947 bits per heavy atom. The summed E-state index contributed by atoms with van der Waals surface area (Å²) in [5.74, 6) is 0.430. The Labute approximate surface area is 230 Å². The number of hydrogen-bond acceptors (Lipinski definition) is 5. The van der Waals surface area contributed by atoms with E-state index in [-0.39, 0.29) is 23.9 Å². The van der Waals surface area contributed by atoms with Gasteiger partial charge in [-0.15, -0.1) is 0 Å². The third kappa shape index (κ3) is 6.49. The monoisotopic (exact) mass is 555 g/mol. The molecule has 202 valence electrons. The van der Waals surface area contributed by atoms with E-state index in [2.05, 4.69) is 4.90 Å². The number of amides is 1. The van der Waals surface area contributed by atoms with E-state index in [9.17, 15) is 13.2 Å². The molecule has 0 radical (unpaired) electrons. The van der Waals surface area contributed by atoms with Crippen molar-refractivity contribution in [1.82, 2.24) is 9.21 Å². The second kappa shape index (κ2) is 12.2. The maximum atomic E-state index is 13.8. The molecule has 38 heavy (non-hydrogen) atoms. The van der Waals surface area contributed by atoms with Crippen LogP contribution in [0.4, 0.5) is 5.69 Å². The lowest BCUT2D eigenvalue weighted by Crippen LogP contribution is -2.51. The number of rotatable bonds is 9. The van der Waals surface area contributed by atoms with E-state index < -0.39 is 10.0 Å². The Balaban J connectivity index is 1.52. The van der Waals surface area contributed by atoms with Gasteiger partial charge in [-0.05, 0) is 67.8 Å². The highest BCUT2D eigenvalue weighted by atomic mass is 35.5. The van der Waals surface area contributed by atoms with Crippen LogP contribution in [0.15, 0.2) is 71.6 Å². The number of carbonyl (C=O) groups is 1. The third-order valence-electron chi connectivity index (χ3n) is 6.74. The Kier molecular flexibility index (Phi) is 8.97. The molecule has 1 aliphatic rings. The predicted molar refractivity (Wildman–Crippen MR) is 151 cm³/mol. The minimum atomic E-state index is -3.95. The highest BCUT2D eigenvalue weighted by molar-refractivity contribution is 7.89. The standard InChI is InChI=1S/C29H34ClN3O4S/c1-4-37-28-13-12-26(18-23(28)3)38(35,36)33(20-24-8-6-5-7-9-24)21-29(34)32-16-14-31(15-17-32)27-19-25(30)11-10-22(27)2/h5-13,18-19H,4,14-17,20-21H2,1-3H3. The van der Waals surface area contributed by atoms with Gasteiger partial charge in [0.15, 0.2) is 0 Å². The zero-order valence-electron chi connectivity index (χ0n) is 22.1. The molecular weight excluding hydrogens is 522 g/mol. The summed E-state index contributed by atoms with van der Waals surface area (Å²) >= 11 is 6.21. The minimum absolute atomic E-state index is 0.100. The van der Waals surface area contributed by atoms with Crippen molar-refractivity contribution in [3.05, 3.63) is 88.4 Å². The fourth-order valence-electron chi connectivity index (χ4n) is 4.63. The van der Waals surface area contributed by atoms with Gasteiger partial charge in [0.05, 0.1) is 18.0 Å². The molecule has 0 spiro atoms. The molecular formula is C29H34ClN3O4S. The van der Waals surface area contributed by atoms with Crippen molar-refractivity contribution in [3.8, 4) is 5.75 Å². The topological polar surface area (TPSA) is 70.2 Å². The lowest BCUT2D eigenvalue weighted by Gasteiger charge is -2.37. The first-order valence-electron chi connectivity index (χ1n) is 12.8. The van der Waals surface area contributed by atoms with Crippen LogP contribution in [0.1, 0.15) is 23.6 Å². The SMILES string of the molecule is CCOc1ccc(S(=O)(=O)N(CC(=O)N2CCN(c3cc(Cl)ccc3C)CC2)Cc2ccccc2)cc1C. The van der Waals surface area contributed by atoms with Crippen molar-refractivity contribution in [3.63, 3.8) is 0 Å². The van der Waals surface area contributed by atoms with Crippen LogP contribution in [0.3, 0.4) is 0 Å². The smallest absolute Gasteiger partial charge is 0.243 e. The van der Waals surface area contributed by atoms with Crippen molar-refractivity contribution in [1.29, 1.82) is 0 Å². The molecule has 3 aromatic carbocycles. The summed E-state index contributed by atoms with van der Waals surface area (Å²) in [4.78, 5) is 17.5. The van der Waals surface area contributed by atoms with Gasteiger partial charge in [0, 0.05) is 43.4 Å². The molecule has 0 aromatic heterocycles. The number of carbonyl (C=O) groups excluding carboxylic acids is 1. The van der Waals surface area contributed by atoms with Gasteiger partial charge < -0.3 is 14.5 Å². The highest BCUT2D eigenvalue weighted by Crippen LogP contribution is 2.27. The first-order valence-corrected chi connectivity index (χ1v) is 14.6. The van der Waals surface area contributed by atoms with Gasteiger partial charge in [-0.2, -0.15) is 4.31 Å². The van der Waals surface area contributed by atoms with E-state index in [0.29, 0.717) is 43.6 Å². The van der Waals surface area contributed by atoms with Crippen molar-refractivity contribution in [2.24, 2.45) is 0 Å². The van der Waals surface area contributed by atoms with Crippen molar-refractivity contribution >= 4 is 33.2 Å². The van der Waals surface area contributed by atoms with Crippen LogP contribution in [0.25, 0.3) is 0 Å². The van der Waals surface area contributed by atoms with Crippen molar-refractivity contribution in [2.75, 3.05) is 44.2 Å². The van der Waals surface area contributed by atoms with Crippen LogP contribution in [0.2, 0.25) is 5.02 Å². The highest BCUT2D eigenvalue weighted by Gasteiger charge is 2.30. The lowest BCUT2D eigenvalue weighted by molar-refractivity contribution is -0.131. The number of piperazine rings is 1. The van der Waals surface area contributed by atoms with E-state index in [1.165, 1.54) is 4.31 Å². The molecule has 1 fully saturated rings. The second-order valence-electron chi connectivity index (χ2n) is 9.42. The summed E-state index contributed by atoms with van der Waals surface area (Å²) in [5.41, 5.74) is 3.72. The molecule has 1 saturated heterocycles. The molecule has 0 atom stereocenters. The van der Waals surface area contributed by atoms with Crippen LogP contribution in [-0.4, -0.2) is 62.9 Å². The number of nitrogens with zero attached hydrogens (tertiary/aromatic N) is 3. The molecule has 9 heteroatoms. The fraction of sp³-hybridized carbons (Fsp3) is 0.345. The average molecular weight is 556 g/mol. The molecule has 0 saturated carbocycles. The lowest BCUT2D eigenvalue weighted by atomic mass is 10.1. The number of anilines is 1. The summed E-state index contributed by atoms with van der Waals surface area (Å²) in [6, 6.07) is 20.0. The number of halogens is 1. The van der Waals surface area contributed by atoms with Gasteiger partial charge in [-0.25, -0.2) is 8.42 Å². The van der Waals surface area contributed by atoms with Crippen LogP contribution in [0, 0.1) is 13.8 Å². The van der Waals surface area contributed by atoms with Crippen LogP contribution in [-0.2, 0) is 21.4 Å². The number of hydrogen-bond donors (Lipinski definition) is 0. The summed E-state index contributed by atoms with van der Waals surface area (Å²) < 4.78 is 34.4. The van der Waals surface area contributed by atoms with Gasteiger partial charge in [0.2, 0.25) is 15.9 Å². The van der Waals surface area contributed by atoms with Crippen LogP contribution < -0.4 is 9.64 Å². The Hall–Kier alpha value is -3.07. The molecule has 0 unspecified atom stereocenters. The molecule has 0 bridgehead atoms. The van der Waals surface area contributed by atoms with Gasteiger partial charge in [0.1, 0.15) is 5.75 Å². The number of aryl methyl sites for hydroxylation is 2. The first kappa shape index (κ1) is 28.0. The van der Waals surface area contributed by atoms with E-state index in [4.69, 9.17) is 16.3 Å². The van der Waals surface area contributed by atoms with Crippen molar-refractivity contribution in [2.45, 2.75) is 32.2 Å². The Bertz CT molecular complexity index is 1370. The molecule has 0 aliphatic carbocycles. The third-order valence-corrected chi connectivity index (χ3v) is 8.76. The van der Waals surface area contributed by atoms with E-state index >= 15 is 0 Å². The van der Waals surface area contributed by atoms with Gasteiger partial charge in [-0.1, -0.05) is 48.0 Å². The van der Waals surface area contributed by atoms with E-state index in [0.717, 1.165) is 22.4 Å². The maximum Gasteiger partial charge on any atom is 0.243 e. The molecule has 1 heterocycles. The normalized spacial score (nSPS) is 14.1. The summed E-state index contributed by atoms with van der Waals surface area (Å²) in [5, 5.41) is 0.676. The molecule has 7 nitrogen and oxygen atoms in total. The summed E-state index contributed by atoms with van der Waals surface area (Å²) in [6.07, 6.45) is 0. The minimum Gasteiger partial charge on any atom is -0.494 e. The largest absolute Gasteiger partial charge is 0.494 e. The zero-order valence-corrected chi connectivity index (χ0v) is 23.6. The molecule has 1 aliphatic heterocycles. The predicted octanol–water partition coefficient (Wildman–Crippen LogP) is 4.90. The molecule has 0 N–H and O–H groups in total. The van der Waals surface area contributed by atoms with Gasteiger partial charge in [0.25, 0.3) is 0 Å². The first-order chi connectivity index (χ1) is 18.2. The van der Waals surface area contributed by atoms with Crippen molar-refractivity contribution < 1.29 is 17.9 Å². The average Bonchev–Trinajstić information content (AvgIpc) is 2.91. The zero-order chi connectivity index (χ0) is 27.3.